The minimum Gasteiger partial charge on any atom is -0.477 e. The third kappa shape index (κ3) is 2.49. The summed E-state index contributed by atoms with van der Waals surface area (Å²) in [4.78, 5) is 25.9. The van der Waals surface area contributed by atoms with E-state index >= 15 is 0 Å². The Kier molecular flexibility index (Phi) is 3.37. The Morgan fingerprint density at radius 3 is 2.76 bits per heavy atom. The maximum Gasteiger partial charge on any atom is 0.352 e. The molecule has 3 N–H and O–H groups in total. The third-order valence-electron chi connectivity index (χ3n) is 4.00. The van der Waals surface area contributed by atoms with Crippen molar-refractivity contribution in [1.29, 1.82) is 0 Å². The van der Waals surface area contributed by atoms with Crippen LogP contribution in [0.25, 0.3) is 10.9 Å². The van der Waals surface area contributed by atoms with E-state index in [2.05, 4.69) is 10.3 Å². The molecular formula is C15H15FN2O3. The summed E-state index contributed by atoms with van der Waals surface area (Å²) in [5, 5.41) is 12.5. The van der Waals surface area contributed by atoms with Crippen LogP contribution in [0.3, 0.4) is 0 Å². The zero-order valence-corrected chi connectivity index (χ0v) is 11.3. The summed E-state index contributed by atoms with van der Waals surface area (Å²) in [6.45, 7) is 0.0837. The highest BCUT2D eigenvalue weighted by molar-refractivity contribution is 5.97. The number of halogens is 1. The van der Waals surface area contributed by atoms with Gasteiger partial charge in [0.2, 0.25) is 5.91 Å². The molecule has 1 fully saturated rings. The van der Waals surface area contributed by atoms with Gasteiger partial charge < -0.3 is 15.4 Å². The highest BCUT2D eigenvalue weighted by Gasteiger charge is 2.26. The van der Waals surface area contributed by atoms with Crippen LogP contribution in [0.2, 0.25) is 0 Å². The van der Waals surface area contributed by atoms with Crippen LogP contribution in [0.1, 0.15) is 35.3 Å². The average Bonchev–Trinajstić information content (AvgIpc) is 2.72. The monoisotopic (exact) mass is 290 g/mol. The Balaban J connectivity index is 1.90. The number of amides is 1. The second kappa shape index (κ2) is 5.20. The number of carboxylic acids is 1. The fraction of sp³-hybridized carbons (Fsp3) is 0.333. The number of carbonyl (C=O) groups is 2. The number of carboxylic acid groups (broad SMARTS) is 1. The van der Waals surface area contributed by atoms with Crippen LogP contribution in [0.4, 0.5) is 4.39 Å². The lowest BCUT2D eigenvalue weighted by atomic mass is 9.85. The molecule has 1 saturated carbocycles. The van der Waals surface area contributed by atoms with Crippen LogP contribution in [-0.2, 0) is 11.3 Å². The quantitative estimate of drug-likeness (QED) is 0.808. The highest BCUT2D eigenvalue weighted by atomic mass is 19.1. The van der Waals surface area contributed by atoms with E-state index in [1.54, 1.807) is 0 Å². The Hall–Kier alpha value is -2.37. The summed E-state index contributed by atoms with van der Waals surface area (Å²) in [6, 6.07) is 4.04. The fourth-order valence-electron chi connectivity index (χ4n) is 2.58. The van der Waals surface area contributed by atoms with Crippen molar-refractivity contribution in [1.82, 2.24) is 10.3 Å². The molecule has 0 bridgehead atoms. The van der Waals surface area contributed by atoms with E-state index in [4.69, 9.17) is 0 Å². The van der Waals surface area contributed by atoms with E-state index < -0.39 is 11.8 Å². The summed E-state index contributed by atoms with van der Waals surface area (Å²) in [6.07, 6.45) is 2.80. The number of nitrogens with one attached hydrogen (secondary N) is 2. The van der Waals surface area contributed by atoms with Gasteiger partial charge in [-0.3, -0.25) is 4.79 Å². The standard InChI is InChI=1S/C15H15FN2O3/c16-9-4-5-12-10(6-9)11(13(18-12)15(20)21)7-17-14(19)8-2-1-3-8/h4-6,8,18H,1-3,7H2,(H,17,19)(H,20,21). The van der Waals surface area contributed by atoms with Crippen molar-refractivity contribution in [3.63, 3.8) is 0 Å². The second-order valence-electron chi connectivity index (χ2n) is 5.32. The van der Waals surface area contributed by atoms with Gasteiger partial charge >= 0.3 is 5.97 Å². The van der Waals surface area contributed by atoms with Gasteiger partial charge in [-0.15, -0.1) is 0 Å². The van der Waals surface area contributed by atoms with E-state index in [1.165, 1.54) is 18.2 Å². The molecule has 0 atom stereocenters. The average molecular weight is 290 g/mol. The predicted molar refractivity (Wildman–Crippen MR) is 74.4 cm³/mol. The summed E-state index contributed by atoms with van der Waals surface area (Å²) in [5.74, 6) is -1.60. The van der Waals surface area contributed by atoms with Gasteiger partial charge in [0.25, 0.3) is 0 Å². The number of aromatic amines is 1. The molecule has 0 radical (unpaired) electrons. The number of aromatic carboxylic acids is 1. The topological polar surface area (TPSA) is 82.2 Å². The van der Waals surface area contributed by atoms with Gasteiger partial charge in [0.05, 0.1) is 0 Å². The van der Waals surface area contributed by atoms with Crippen molar-refractivity contribution in [2.45, 2.75) is 25.8 Å². The molecule has 0 saturated heterocycles. The molecule has 1 aromatic carbocycles. The first-order chi connectivity index (χ1) is 10.1. The first kappa shape index (κ1) is 13.6. The van der Waals surface area contributed by atoms with Gasteiger partial charge in [-0.05, 0) is 31.0 Å². The number of hydrogen-bond donors (Lipinski definition) is 3. The van der Waals surface area contributed by atoms with Crippen LogP contribution in [0.5, 0.6) is 0 Å². The number of aromatic nitrogens is 1. The third-order valence-corrected chi connectivity index (χ3v) is 4.00. The van der Waals surface area contributed by atoms with Crippen molar-refractivity contribution in [3.8, 4) is 0 Å². The molecule has 0 unspecified atom stereocenters. The molecular weight excluding hydrogens is 275 g/mol. The van der Waals surface area contributed by atoms with E-state index in [9.17, 15) is 19.1 Å². The lowest BCUT2D eigenvalue weighted by molar-refractivity contribution is -0.127. The molecule has 3 rings (SSSR count). The van der Waals surface area contributed by atoms with Gasteiger partial charge in [-0.1, -0.05) is 6.42 Å². The molecule has 0 aliphatic heterocycles. The van der Waals surface area contributed by atoms with E-state index in [1.807, 2.05) is 0 Å². The molecule has 6 heteroatoms. The molecule has 1 amide bonds. The summed E-state index contributed by atoms with van der Waals surface area (Å²) < 4.78 is 13.4. The number of carbonyl (C=O) groups excluding carboxylic acids is 1. The number of benzene rings is 1. The fourth-order valence-corrected chi connectivity index (χ4v) is 2.58. The molecule has 1 heterocycles. The lowest BCUT2D eigenvalue weighted by Gasteiger charge is -2.24. The van der Waals surface area contributed by atoms with Crippen LogP contribution >= 0.6 is 0 Å². The Morgan fingerprint density at radius 1 is 1.38 bits per heavy atom. The summed E-state index contributed by atoms with van der Waals surface area (Å²) >= 11 is 0. The van der Waals surface area contributed by atoms with Crippen molar-refractivity contribution in [2.24, 2.45) is 5.92 Å². The lowest BCUT2D eigenvalue weighted by Crippen LogP contribution is -2.34. The van der Waals surface area contributed by atoms with Gasteiger partial charge in [0.1, 0.15) is 11.5 Å². The van der Waals surface area contributed by atoms with Gasteiger partial charge in [0, 0.05) is 28.9 Å². The van der Waals surface area contributed by atoms with Crippen molar-refractivity contribution >= 4 is 22.8 Å². The first-order valence-electron chi connectivity index (χ1n) is 6.87. The number of fused-ring (bicyclic) bond motifs is 1. The van der Waals surface area contributed by atoms with Crippen molar-refractivity contribution in [2.75, 3.05) is 0 Å². The van der Waals surface area contributed by atoms with Crippen molar-refractivity contribution in [3.05, 3.63) is 35.3 Å². The highest BCUT2D eigenvalue weighted by Crippen LogP contribution is 2.27. The maximum absolute atomic E-state index is 13.4. The molecule has 21 heavy (non-hydrogen) atoms. The molecule has 2 aromatic rings. The Morgan fingerprint density at radius 2 is 2.14 bits per heavy atom. The zero-order chi connectivity index (χ0) is 15.0. The smallest absolute Gasteiger partial charge is 0.352 e. The summed E-state index contributed by atoms with van der Waals surface area (Å²) in [5.41, 5.74) is 0.941. The van der Waals surface area contributed by atoms with Gasteiger partial charge in [-0.25, -0.2) is 9.18 Å². The zero-order valence-electron chi connectivity index (χ0n) is 11.3. The van der Waals surface area contributed by atoms with Crippen LogP contribution < -0.4 is 5.32 Å². The minimum absolute atomic E-state index is 0.00971. The van der Waals surface area contributed by atoms with Crippen LogP contribution in [0, 0.1) is 11.7 Å². The molecule has 1 aromatic heterocycles. The van der Waals surface area contributed by atoms with E-state index in [-0.39, 0.29) is 24.1 Å². The maximum atomic E-state index is 13.4. The second-order valence-corrected chi connectivity index (χ2v) is 5.32. The first-order valence-corrected chi connectivity index (χ1v) is 6.87. The largest absolute Gasteiger partial charge is 0.477 e. The minimum atomic E-state index is -1.13. The molecule has 5 nitrogen and oxygen atoms in total. The van der Waals surface area contributed by atoms with Gasteiger partial charge in [0.15, 0.2) is 0 Å². The number of hydrogen-bond acceptors (Lipinski definition) is 2. The normalized spacial score (nSPS) is 14.9. The predicted octanol–water partition coefficient (Wildman–Crippen LogP) is 2.42. The van der Waals surface area contributed by atoms with Crippen LogP contribution in [0.15, 0.2) is 18.2 Å². The van der Waals surface area contributed by atoms with Crippen molar-refractivity contribution < 1.29 is 19.1 Å². The summed E-state index contributed by atoms with van der Waals surface area (Å²) in [7, 11) is 0. The Labute approximate surface area is 120 Å². The van der Waals surface area contributed by atoms with E-state index in [0.29, 0.717) is 16.5 Å². The van der Waals surface area contributed by atoms with E-state index in [0.717, 1.165) is 19.3 Å². The number of H-pyrrole nitrogens is 1. The SMILES string of the molecule is O=C(O)c1[nH]c2ccc(F)cc2c1CNC(=O)C1CCC1. The molecule has 1 aliphatic carbocycles. The van der Waals surface area contributed by atoms with Gasteiger partial charge in [-0.2, -0.15) is 0 Å². The molecule has 1 aliphatic rings. The Bertz CT molecular complexity index is 719. The molecule has 0 spiro atoms. The number of rotatable bonds is 4. The van der Waals surface area contributed by atoms with Crippen LogP contribution in [-0.4, -0.2) is 22.0 Å². The molecule has 110 valence electrons.